The minimum Gasteiger partial charge on any atom is -0.481 e. The lowest BCUT2D eigenvalue weighted by Gasteiger charge is -2.24. The highest BCUT2D eigenvalue weighted by Gasteiger charge is 2.75. The zero-order chi connectivity index (χ0) is 16.8. The van der Waals surface area contributed by atoms with Crippen LogP contribution in [-0.2, 0) is 14.3 Å². The van der Waals surface area contributed by atoms with Gasteiger partial charge in [-0.3, -0.25) is 14.9 Å². The quantitative estimate of drug-likeness (QED) is 0.641. The molecule has 8 heteroatoms. The largest absolute Gasteiger partial charge is 0.481 e. The first-order valence-electron chi connectivity index (χ1n) is 7.12. The van der Waals surface area contributed by atoms with Crippen molar-refractivity contribution in [1.82, 2.24) is 0 Å². The average Bonchev–Trinajstić information content (AvgIpc) is 3.17. The van der Waals surface area contributed by atoms with E-state index < -0.39 is 47.4 Å². The van der Waals surface area contributed by atoms with Crippen LogP contribution in [-0.4, -0.2) is 39.9 Å². The minimum absolute atomic E-state index is 0.0936. The normalized spacial score (nSPS) is 34.3. The van der Waals surface area contributed by atoms with E-state index in [-0.39, 0.29) is 6.42 Å². The molecule has 2 saturated carbocycles. The van der Waals surface area contributed by atoms with Gasteiger partial charge in [-0.25, -0.2) is 4.79 Å². The number of carboxylic acid groups (broad SMARTS) is 2. The Kier molecular flexibility index (Phi) is 3.48. The summed E-state index contributed by atoms with van der Waals surface area (Å²) in [6, 6.07) is 8.59. The number of nitrogens with one attached hydrogen (secondary N) is 1. The molecule has 2 fully saturated rings. The first-order valence-corrected chi connectivity index (χ1v) is 7.12. The number of carboxylic acids is 2. The fourth-order valence-corrected chi connectivity index (χ4v) is 3.54. The molecule has 122 valence electrons. The molecule has 5 atom stereocenters. The Hall–Kier alpha value is -2.61. The lowest BCUT2D eigenvalue weighted by atomic mass is 9.91. The second-order valence-electron chi connectivity index (χ2n) is 5.95. The van der Waals surface area contributed by atoms with Gasteiger partial charge in [0.05, 0.1) is 5.92 Å². The van der Waals surface area contributed by atoms with Crippen molar-refractivity contribution in [2.45, 2.75) is 18.1 Å². The standard InChI is InChI=1S/C15H16N2O6/c16-15(13(20)21)6-8(9-10(11(9)15)12(18)19)23-14(22)17-7-4-2-1-3-5-7/h1-5,8-11H,6,16H2,(H,17,22)(H,18,19)(H,20,21). The minimum atomic E-state index is -1.68. The molecule has 2 aliphatic rings. The van der Waals surface area contributed by atoms with Crippen molar-refractivity contribution in [1.29, 1.82) is 0 Å². The molecule has 5 N–H and O–H groups in total. The molecule has 23 heavy (non-hydrogen) atoms. The molecule has 2 aliphatic carbocycles. The number of hydrogen-bond acceptors (Lipinski definition) is 5. The smallest absolute Gasteiger partial charge is 0.411 e. The van der Waals surface area contributed by atoms with E-state index in [0.717, 1.165) is 0 Å². The van der Waals surface area contributed by atoms with Gasteiger partial charge in [0.1, 0.15) is 11.6 Å². The maximum atomic E-state index is 11.9. The molecule has 5 unspecified atom stereocenters. The summed E-state index contributed by atoms with van der Waals surface area (Å²) in [5.41, 5.74) is 4.71. The summed E-state index contributed by atoms with van der Waals surface area (Å²) in [6.07, 6.45) is -1.68. The molecule has 1 aromatic carbocycles. The number of amides is 1. The molecule has 0 heterocycles. The van der Waals surface area contributed by atoms with Crippen molar-refractivity contribution in [2.24, 2.45) is 23.5 Å². The van der Waals surface area contributed by atoms with Crippen molar-refractivity contribution in [3.05, 3.63) is 30.3 Å². The molecule has 0 aliphatic heterocycles. The topological polar surface area (TPSA) is 139 Å². The molecular formula is C15H16N2O6. The predicted octanol–water partition coefficient (Wildman–Crippen LogP) is 0.736. The van der Waals surface area contributed by atoms with Crippen LogP contribution in [0.15, 0.2) is 30.3 Å². The van der Waals surface area contributed by atoms with Crippen molar-refractivity contribution >= 4 is 23.7 Å². The van der Waals surface area contributed by atoms with Gasteiger partial charge < -0.3 is 20.7 Å². The molecule has 0 radical (unpaired) electrons. The fourth-order valence-electron chi connectivity index (χ4n) is 3.54. The van der Waals surface area contributed by atoms with Crippen LogP contribution in [0, 0.1) is 17.8 Å². The van der Waals surface area contributed by atoms with Gasteiger partial charge in [0, 0.05) is 23.9 Å². The Labute approximate surface area is 131 Å². The SMILES string of the molecule is NC1(C(=O)O)CC(OC(=O)Nc2ccccc2)C2C(C(=O)O)C21. The number of aliphatic carboxylic acids is 2. The lowest BCUT2D eigenvalue weighted by Crippen LogP contribution is -2.51. The number of rotatable bonds is 4. The number of para-hydroxylation sites is 1. The number of carbonyl (C=O) groups is 3. The molecule has 1 amide bonds. The zero-order valence-corrected chi connectivity index (χ0v) is 12.0. The summed E-state index contributed by atoms with van der Waals surface area (Å²) in [6.45, 7) is 0. The number of ether oxygens (including phenoxy) is 1. The Morgan fingerprint density at radius 1 is 1.22 bits per heavy atom. The molecule has 1 aromatic rings. The summed E-state index contributed by atoms with van der Waals surface area (Å²) in [7, 11) is 0. The monoisotopic (exact) mass is 320 g/mol. The van der Waals surface area contributed by atoms with Crippen LogP contribution in [0.25, 0.3) is 0 Å². The fraction of sp³-hybridized carbons (Fsp3) is 0.400. The molecule has 0 spiro atoms. The number of fused-ring (bicyclic) bond motifs is 1. The summed E-state index contributed by atoms with van der Waals surface area (Å²) in [4.78, 5) is 34.5. The van der Waals surface area contributed by atoms with E-state index in [0.29, 0.717) is 5.69 Å². The van der Waals surface area contributed by atoms with Gasteiger partial charge in [0.2, 0.25) is 0 Å². The van der Waals surface area contributed by atoms with E-state index >= 15 is 0 Å². The first kappa shape index (κ1) is 15.3. The third kappa shape index (κ3) is 2.50. The highest BCUT2D eigenvalue weighted by Crippen LogP contribution is 2.62. The number of nitrogens with two attached hydrogens (primary N) is 1. The van der Waals surface area contributed by atoms with Gasteiger partial charge in [-0.05, 0) is 12.1 Å². The molecule has 0 saturated heterocycles. The zero-order valence-electron chi connectivity index (χ0n) is 12.0. The van der Waals surface area contributed by atoms with Crippen LogP contribution >= 0.6 is 0 Å². The number of benzene rings is 1. The van der Waals surface area contributed by atoms with Crippen molar-refractivity contribution in [2.75, 3.05) is 5.32 Å². The Bertz CT molecular complexity index is 663. The van der Waals surface area contributed by atoms with Crippen LogP contribution in [0.5, 0.6) is 0 Å². The van der Waals surface area contributed by atoms with Gasteiger partial charge in [0.25, 0.3) is 0 Å². The van der Waals surface area contributed by atoms with Crippen molar-refractivity contribution in [3.63, 3.8) is 0 Å². The summed E-state index contributed by atoms with van der Waals surface area (Å²) in [5.74, 6) is -4.56. The van der Waals surface area contributed by atoms with E-state index in [4.69, 9.17) is 15.6 Å². The van der Waals surface area contributed by atoms with Crippen LogP contribution in [0.4, 0.5) is 10.5 Å². The Morgan fingerprint density at radius 3 is 2.43 bits per heavy atom. The third-order valence-electron chi connectivity index (χ3n) is 4.60. The van der Waals surface area contributed by atoms with Gasteiger partial charge in [-0.1, -0.05) is 18.2 Å². The highest BCUT2D eigenvalue weighted by molar-refractivity contribution is 5.87. The first-order chi connectivity index (χ1) is 10.8. The number of anilines is 1. The van der Waals surface area contributed by atoms with Crippen LogP contribution in [0.1, 0.15) is 6.42 Å². The molecular weight excluding hydrogens is 304 g/mol. The van der Waals surface area contributed by atoms with Crippen LogP contribution in [0.2, 0.25) is 0 Å². The lowest BCUT2D eigenvalue weighted by molar-refractivity contribution is -0.146. The molecule has 8 nitrogen and oxygen atoms in total. The van der Waals surface area contributed by atoms with E-state index in [1.807, 2.05) is 0 Å². The van der Waals surface area contributed by atoms with Gasteiger partial charge in [0.15, 0.2) is 0 Å². The Morgan fingerprint density at radius 2 is 1.87 bits per heavy atom. The van der Waals surface area contributed by atoms with Gasteiger partial charge in [-0.15, -0.1) is 0 Å². The van der Waals surface area contributed by atoms with E-state index in [2.05, 4.69) is 5.32 Å². The van der Waals surface area contributed by atoms with Crippen LogP contribution in [0.3, 0.4) is 0 Å². The summed E-state index contributed by atoms with van der Waals surface area (Å²) in [5, 5.41) is 20.9. The second-order valence-corrected chi connectivity index (χ2v) is 5.95. The summed E-state index contributed by atoms with van der Waals surface area (Å²) < 4.78 is 5.24. The molecule has 3 rings (SSSR count). The third-order valence-corrected chi connectivity index (χ3v) is 4.60. The van der Waals surface area contributed by atoms with Gasteiger partial charge >= 0.3 is 18.0 Å². The molecule has 0 aromatic heterocycles. The van der Waals surface area contributed by atoms with E-state index in [1.54, 1.807) is 30.3 Å². The molecule has 0 bridgehead atoms. The van der Waals surface area contributed by atoms with E-state index in [9.17, 15) is 19.5 Å². The Balaban J connectivity index is 1.70. The van der Waals surface area contributed by atoms with E-state index in [1.165, 1.54) is 0 Å². The number of carbonyl (C=O) groups excluding carboxylic acids is 1. The number of hydrogen-bond donors (Lipinski definition) is 4. The average molecular weight is 320 g/mol. The maximum absolute atomic E-state index is 11.9. The second kappa shape index (κ2) is 5.24. The highest BCUT2D eigenvalue weighted by atomic mass is 16.6. The van der Waals surface area contributed by atoms with Gasteiger partial charge in [-0.2, -0.15) is 0 Å². The van der Waals surface area contributed by atoms with Crippen molar-refractivity contribution < 1.29 is 29.3 Å². The van der Waals surface area contributed by atoms with Crippen molar-refractivity contribution in [3.8, 4) is 0 Å². The summed E-state index contributed by atoms with van der Waals surface area (Å²) >= 11 is 0. The predicted molar refractivity (Wildman–Crippen MR) is 77.6 cm³/mol. The maximum Gasteiger partial charge on any atom is 0.411 e. The van der Waals surface area contributed by atoms with Crippen LogP contribution < -0.4 is 11.1 Å².